The van der Waals surface area contributed by atoms with E-state index in [1.54, 1.807) is 12.7 Å². The molecule has 2 aromatic rings. The average Bonchev–Trinajstić information content (AvgIpc) is 3.06. The molecule has 1 unspecified atom stereocenters. The van der Waals surface area contributed by atoms with Gasteiger partial charge in [-0.3, -0.25) is 9.69 Å². The molecule has 0 saturated heterocycles. The van der Waals surface area contributed by atoms with Gasteiger partial charge in [0, 0.05) is 39.1 Å². The minimum Gasteiger partial charge on any atom is -0.344 e. The van der Waals surface area contributed by atoms with E-state index in [2.05, 4.69) is 46.4 Å². The molecule has 1 aliphatic rings. The number of fused-ring (bicyclic) bond motifs is 1. The molecule has 0 saturated carbocycles. The first kappa shape index (κ1) is 15.7. The summed E-state index contributed by atoms with van der Waals surface area (Å²) < 4.78 is 1.83. The Morgan fingerprint density at radius 3 is 2.70 bits per heavy atom. The van der Waals surface area contributed by atoms with E-state index in [1.165, 1.54) is 11.1 Å². The maximum absolute atomic E-state index is 12.3. The molecular weight excluding hydrogens is 290 g/mol. The Morgan fingerprint density at radius 1 is 1.26 bits per heavy atom. The van der Waals surface area contributed by atoms with E-state index in [0.29, 0.717) is 19.0 Å². The van der Waals surface area contributed by atoms with Gasteiger partial charge in [-0.2, -0.15) is 0 Å². The summed E-state index contributed by atoms with van der Waals surface area (Å²) in [6, 6.07) is 8.94. The van der Waals surface area contributed by atoms with Crippen LogP contribution in [-0.2, 0) is 24.3 Å². The molecule has 6 heteroatoms. The third-order valence-electron chi connectivity index (χ3n) is 4.58. The van der Waals surface area contributed by atoms with Crippen molar-refractivity contribution in [3.63, 3.8) is 0 Å². The monoisotopic (exact) mass is 313 g/mol. The number of rotatable bonds is 5. The molecule has 1 aliphatic heterocycles. The lowest BCUT2D eigenvalue weighted by Gasteiger charge is -2.36. The van der Waals surface area contributed by atoms with Crippen molar-refractivity contribution in [2.45, 2.75) is 32.0 Å². The molecule has 1 atom stereocenters. The first-order chi connectivity index (χ1) is 11.1. The van der Waals surface area contributed by atoms with Gasteiger partial charge in [-0.25, -0.2) is 0 Å². The van der Waals surface area contributed by atoms with Crippen molar-refractivity contribution in [1.82, 2.24) is 24.6 Å². The van der Waals surface area contributed by atoms with Crippen LogP contribution in [0.3, 0.4) is 0 Å². The summed E-state index contributed by atoms with van der Waals surface area (Å²) in [7, 11) is 4.03. The van der Waals surface area contributed by atoms with Gasteiger partial charge in [0.05, 0.1) is 0 Å². The Bertz CT molecular complexity index is 655. The largest absolute Gasteiger partial charge is 0.344 e. The van der Waals surface area contributed by atoms with Crippen LogP contribution in [0.2, 0.25) is 0 Å². The smallest absolute Gasteiger partial charge is 0.224 e. The number of likely N-dealkylation sites (N-methyl/N-ethyl adjacent to an activating group) is 2. The second-order valence-electron chi connectivity index (χ2n) is 6.27. The van der Waals surface area contributed by atoms with Crippen LogP contribution in [0.5, 0.6) is 0 Å². The van der Waals surface area contributed by atoms with Crippen molar-refractivity contribution in [3.05, 3.63) is 48.0 Å². The summed E-state index contributed by atoms with van der Waals surface area (Å²) in [5.74, 6) is 0.158. The van der Waals surface area contributed by atoms with Gasteiger partial charge in [-0.1, -0.05) is 24.3 Å². The minimum atomic E-state index is 0.158. The molecule has 0 aliphatic carbocycles. The average molecular weight is 313 g/mol. The van der Waals surface area contributed by atoms with Gasteiger partial charge in [0.1, 0.15) is 12.7 Å². The topological polar surface area (TPSA) is 54.3 Å². The molecule has 3 rings (SSSR count). The number of hydrogen-bond donors (Lipinski definition) is 0. The molecule has 0 bridgehead atoms. The van der Waals surface area contributed by atoms with Crippen LogP contribution >= 0.6 is 0 Å². The van der Waals surface area contributed by atoms with Gasteiger partial charge in [0.2, 0.25) is 5.91 Å². The number of aryl methyl sites for hydroxylation is 1. The highest BCUT2D eigenvalue weighted by Gasteiger charge is 2.25. The number of aromatic nitrogens is 3. The number of carbonyl (C=O) groups excluding carboxylic acids is 1. The summed E-state index contributed by atoms with van der Waals surface area (Å²) in [5.41, 5.74) is 2.80. The molecule has 6 nitrogen and oxygen atoms in total. The fourth-order valence-electron chi connectivity index (χ4n) is 3.09. The fraction of sp³-hybridized carbons (Fsp3) is 0.471. The predicted octanol–water partition coefficient (Wildman–Crippen LogP) is 1.18. The molecule has 0 radical (unpaired) electrons. The highest BCUT2D eigenvalue weighted by atomic mass is 16.2. The van der Waals surface area contributed by atoms with Crippen LogP contribution in [0.25, 0.3) is 0 Å². The lowest BCUT2D eigenvalue weighted by molar-refractivity contribution is -0.130. The standard InChI is InChI=1S/C17H23N5O/c1-20-10-15-6-4-3-5-14(15)9-16(20)11-21(2)17(23)7-8-22-12-18-19-13-22/h3-6,12-13,16H,7-11H2,1-2H3. The first-order valence-electron chi connectivity index (χ1n) is 7.97. The molecular formula is C17H23N5O. The molecule has 2 heterocycles. The Labute approximate surface area is 136 Å². The van der Waals surface area contributed by atoms with Crippen LogP contribution in [0.1, 0.15) is 17.5 Å². The van der Waals surface area contributed by atoms with Crippen molar-refractivity contribution in [2.75, 3.05) is 20.6 Å². The molecule has 0 spiro atoms. The zero-order chi connectivity index (χ0) is 16.2. The van der Waals surface area contributed by atoms with Crippen molar-refractivity contribution in [3.8, 4) is 0 Å². The highest BCUT2D eigenvalue weighted by molar-refractivity contribution is 5.75. The zero-order valence-corrected chi connectivity index (χ0v) is 13.7. The van der Waals surface area contributed by atoms with E-state index in [0.717, 1.165) is 19.5 Å². The second-order valence-corrected chi connectivity index (χ2v) is 6.27. The van der Waals surface area contributed by atoms with E-state index in [-0.39, 0.29) is 5.91 Å². The zero-order valence-electron chi connectivity index (χ0n) is 13.7. The van der Waals surface area contributed by atoms with E-state index in [4.69, 9.17) is 0 Å². The van der Waals surface area contributed by atoms with E-state index < -0.39 is 0 Å². The van der Waals surface area contributed by atoms with Gasteiger partial charge < -0.3 is 9.47 Å². The van der Waals surface area contributed by atoms with Gasteiger partial charge in [-0.15, -0.1) is 10.2 Å². The SMILES string of the molecule is CN(CC1Cc2ccccc2CN1C)C(=O)CCn1cnnc1. The second kappa shape index (κ2) is 6.91. The molecule has 23 heavy (non-hydrogen) atoms. The van der Waals surface area contributed by atoms with Gasteiger partial charge in [-0.05, 0) is 24.6 Å². The number of amides is 1. The summed E-state index contributed by atoms with van der Waals surface area (Å²) >= 11 is 0. The minimum absolute atomic E-state index is 0.158. The summed E-state index contributed by atoms with van der Waals surface area (Å²) in [6.45, 7) is 2.33. The van der Waals surface area contributed by atoms with E-state index >= 15 is 0 Å². The van der Waals surface area contributed by atoms with E-state index in [1.807, 2.05) is 16.5 Å². The number of carbonyl (C=O) groups is 1. The predicted molar refractivity (Wildman–Crippen MR) is 87.7 cm³/mol. The number of benzene rings is 1. The van der Waals surface area contributed by atoms with Crippen molar-refractivity contribution in [1.29, 1.82) is 0 Å². The highest BCUT2D eigenvalue weighted by Crippen LogP contribution is 2.22. The van der Waals surface area contributed by atoms with Crippen molar-refractivity contribution in [2.24, 2.45) is 0 Å². The maximum Gasteiger partial charge on any atom is 0.224 e. The van der Waals surface area contributed by atoms with Crippen LogP contribution in [-0.4, -0.2) is 57.2 Å². The Hall–Kier alpha value is -2.21. The van der Waals surface area contributed by atoms with Gasteiger partial charge >= 0.3 is 0 Å². The summed E-state index contributed by atoms with van der Waals surface area (Å²) in [5, 5.41) is 7.50. The molecule has 1 amide bonds. The maximum atomic E-state index is 12.3. The van der Waals surface area contributed by atoms with Gasteiger partial charge in [0.15, 0.2) is 0 Å². The summed E-state index contributed by atoms with van der Waals surface area (Å²) in [6.07, 6.45) is 4.75. The quantitative estimate of drug-likeness (QED) is 0.832. The Morgan fingerprint density at radius 2 is 1.96 bits per heavy atom. The van der Waals surface area contributed by atoms with Crippen LogP contribution in [0, 0.1) is 0 Å². The number of hydrogen-bond acceptors (Lipinski definition) is 4. The van der Waals surface area contributed by atoms with E-state index in [9.17, 15) is 4.79 Å². The van der Waals surface area contributed by atoms with Crippen LogP contribution in [0.4, 0.5) is 0 Å². The third kappa shape index (κ3) is 3.76. The Kier molecular flexibility index (Phi) is 4.71. The molecule has 1 aromatic carbocycles. The molecule has 122 valence electrons. The fourth-order valence-corrected chi connectivity index (χ4v) is 3.09. The lowest BCUT2D eigenvalue weighted by atomic mass is 9.94. The van der Waals surface area contributed by atoms with Crippen molar-refractivity contribution < 1.29 is 4.79 Å². The molecule has 0 fully saturated rings. The normalized spacial score (nSPS) is 17.7. The Balaban J connectivity index is 1.55. The number of nitrogens with zero attached hydrogens (tertiary/aromatic N) is 5. The molecule has 1 aromatic heterocycles. The van der Waals surface area contributed by atoms with Crippen LogP contribution in [0.15, 0.2) is 36.9 Å². The summed E-state index contributed by atoms with van der Waals surface area (Å²) in [4.78, 5) is 16.5. The lowest BCUT2D eigenvalue weighted by Crippen LogP contribution is -2.46. The van der Waals surface area contributed by atoms with Crippen LogP contribution < -0.4 is 0 Å². The first-order valence-corrected chi connectivity index (χ1v) is 7.97. The molecule has 0 N–H and O–H groups in total. The third-order valence-corrected chi connectivity index (χ3v) is 4.58. The van der Waals surface area contributed by atoms with Gasteiger partial charge in [0.25, 0.3) is 0 Å². The van der Waals surface area contributed by atoms with Crippen molar-refractivity contribution >= 4 is 5.91 Å².